The maximum atomic E-state index is 14.2. The van der Waals surface area contributed by atoms with Crippen LogP contribution in [0.5, 0.6) is 5.75 Å². The van der Waals surface area contributed by atoms with E-state index in [2.05, 4.69) is 21.5 Å². The Hall–Kier alpha value is -4.56. The van der Waals surface area contributed by atoms with Crippen LogP contribution >= 0.6 is 7.60 Å². The van der Waals surface area contributed by atoms with Crippen molar-refractivity contribution in [2.24, 2.45) is 0 Å². The molecule has 3 N–H and O–H groups in total. The number of methoxy groups -OCH3 is 1. The second-order valence-corrected chi connectivity index (χ2v) is 11.1. The van der Waals surface area contributed by atoms with Crippen LogP contribution in [0.25, 0.3) is 16.9 Å². The molecule has 5 rings (SSSR count). The molecule has 226 valence electrons. The molecule has 2 aromatic heterocycles. The van der Waals surface area contributed by atoms with Crippen molar-refractivity contribution in [3.63, 3.8) is 0 Å². The first-order valence-electron chi connectivity index (χ1n) is 12.7. The van der Waals surface area contributed by atoms with Crippen molar-refractivity contribution in [1.29, 1.82) is 0 Å². The Morgan fingerprint density at radius 3 is 2.63 bits per heavy atom. The van der Waals surface area contributed by atoms with Crippen molar-refractivity contribution in [1.82, 2.24) is 19.5 Å². The SMILES string of the molecule is C=C1OC(COP(=O)(COCCn2cnc3c(=O)[nH]c(N)nc32)OCc2ccc(OC)c(F)c2)=C(c2ccc(F)cc2)O1. The van der Waals surface area contributed by atoms with Gasteiger partial charge in [-0.2, -0.15) is 4.98 Å². The van der Waals surface area contributed by atoms with Gasteiger partial charge in [-0.25, -0.2) is 13.8 Å². The van der Waals surface area contributed by atoms with Gasteiger partial charge in [0.1, 0.15) is 18.8 Å². The number of anilines is 1. The van der Waals surface area contributed by atoms with E-state index in [0.717, 1.165) is 0 Å². The number of aromatic amines is 1. The molecular formula is C27H26F2N5O8P. The lowest BCUT2D eigenvalue weighted by Gasteiger charge is -2.19. The molecule has 0 radical (unpaired) electrons. The number of ether oxygens (including phenoxy) is 4. The first kappa shape index (κ1) is 29.9. The lowest BCUT2D eigenvalue weighted by Crippen LogP contribution is -2.13. The summed E-state index contributed by atoms with van der Waals surface area (Å²) in [5.41, 5.74) is 6.33. The summed E-state index contributed by atoms with van der Waals surface area (Å²) in [6, 6.07) is 9.56. The number of nitrogen functional groups attached to an aromatic ring is 1. The van der Waals surface area contributed by atoms with Gasteiger partial charge in [-0.05, 0) is 48.5 Å². The highest BCUT2D eigenvalue weighted by atomic mass is 31.2. The number of nitrogens with two attached hydrogens (primary N) is 1. The topological polar surface area (TPSA) is 162 Å². The molecular weight excluding hydrogens is 591 g/mol. The Labute approximate surface area is 243 Å². The molecule has 2 aromatic carbocycles. The number of nitrogens with zero attached hydrogens (tertiary/aromatic N) is 3. The second kappa shape index (κ2) is 12.8. The number of rotatable bonds is 13. The summed E-state index contributed by atoms with van der Waals surface area (Å²) < 4.78 is 75.9. The summed E-state index contributed by atoms with van der Waals surface area (Å²) >= 11 is 0. The molecule has 0 fully saturated rings. The number of nitrogens with one attached hydrogen (secondary N) is 1. The van der Waals surface area contributed by atoms with E-state index in [4.69, 9.17) is 33.7 Å². The minimum atomic E-state index is -4.04. The maximum absolute atomic E-state index is 14.2. The molecule has 0 saturated heterocycles. The van der Waals surface area contributed by atoms with E-state index >= 15 is 0 Å². The van der Waals surface area contributed by atoms with Crippen LogP contribution in [-0.4, -0.2) is 46.2 Å². The van der Waals surface area contributed by atoms with Gasteiger partial charge in [0.25, 0.3) is 11.5 Å². The van der Waals surface area contributed by atoms with E-state index in [-0.39, 0.29) is 66.7 Å². The Balaban J connectivity index is 1.30. The van der Waals surface area contributed by atoms with E-state index < -0.39 is 31.1 Å². The highest BCUT2D eigenvalue weighted by molar-refractivity contribution is 7.53. The van der Waals surface area contributed by atoms with Crippen LogP contribution in [0.3, 0.4) is 0 Å². The van der Waals surface area contributed by atoms with Gasteiger partial charge in [0, 0.05) is 12.1 Å². The monoisotopic (exact) mass is 617 g/mol. The van der Waals surface area contributed by atoms with Gasteiger partial charge in [-0.15, -0.1) is 0 Å². The zero-order chi connectivity index (χ0) is 30.6. The van der Waals surface area contributed by atoms with E-state index in [0.29, 0.717) is 11.1 Å². The van der Waals surface area contributed by atoms with Gasteiger partial charge in [-0.3, -0.25) is 18.9 Å². The molecule has 4 aromatic rings. The minimum Gasteiger partial charge on any atom is -0.494 e. The van der Waals surface area contributed by atoms with Gasteiger partial charge in [0.05, 0.1) is 26.7 Å². The van der Waals surface area contributed by atoms with Crippen LogP contribution in [0.15, 0.2) is 71.9 Å². The third kappa shape index (κ3) is 7.09. The third-order valence-corrected chi connectivity index (χ3v) is 7.61. The van der Waals surface area contributed by atoms with Crippen molar-refractivity contribution in [3.05, 3.63) is 100 Å². The highest BCUT2D eigenvalue weighted by Crippen LogP contribution is 2.50. The Morgan fingerprint density at radius 1 is 1.12 bits per heavy atom. The first-order valence-corrected chi connectivity index (χ1v) is 14.4. The van der Waals surface area contributed by atoms with E-state index in [1.54, 1.807) is 10.6 Å². The summed E-state index contributed by atoms with van der Waals surface area (Å²) in [5.74, 6) is -0.843. The molecule has 0 saturated carbocycles. The van der Waals surface area contributed by atoms with Crippen LogP contribution < -0.4 is 16.0 Å². The predicted octanol–water partition coefficient (Wildman–Crippen LogP) is 4.28. The van der Waals surface area contributed by atoms with Crippen LogP contribution in [0, 0.1) is 11.6 Å². The number of aromatic nitrogens is 4. The van der Waals surface area contributed by atoms with Gasteiger partial charge in [0.15, 0.2) is 34.2 Å². The fourth-order valence-corrected chi connectivity index (χ4v) is 5.24. The lowest BCUT2D eigenvalue weighted by molar-refractivity contribution is 0.114. The molecule has 0 aliphatic carbocycles. The number of halogens is 2. The Bertz CT molecular complexity index is 1790. The molecule has 3 heterocycles. The zero-order valence-electron chi connectivity index (χ0n) is 22.7. The average molecular weight is 618 g/mol. The third-order valence-electron chi connectivity index (χ3n) is 6.07. The summed E-state index contributed by atoms with van der Waals surface area (Å²) in [6.45, 7) is 3.13. The number of H-pyrrole nitrogens is 1. The normalized spacial score (nSPS) is 14.5. The quantitative estimate of drug-likeness (QED) is 0.163. The van der Waals surface area contributed by atoms with Crippen molar-refractivity contribution >= 4 is 30.5 Å². The summed E-state index contributed by atoms with van der Waals surface area (Å²) in [4.78, 5) is 22.5. The minimum absolute atomic E-state index is 0.00629. The lowest BCUT2D eigenvalue weighted by atomic mass is 10.1. The molecule has 0 amide bonds. The smallest absolute Gasteiger partial charge is 0.356 e. The van der Waals surface area contributed by atoms with Crippen LogP contribution in [0.2, 0.25) is 0 Å². The molecule has 13 nitrogen and oxygen atoms in total. The fraction of sp³-hybridized carbons (Fsp3) is 0.222. The number of benzene rings is 2. The number of imidazole rings is 1. The molecule has 1 atom stereocenters. The molecule has 1 aliphatic rings. The molecule has 0 bridgehead atoms. The van der Waals surface area contributed by atoms with Gasteiger partial charge in [0.2, 0.25) is 5.95 Å². The van der Waals surface area contributed by atoms with Crippen LogP contribution in [-0.2, 0) is 41.0 Å². The van der Waals surface area contributed by atoms with Crippen molar-refractivity contribution in [2.45, 2.75) is 13.2 Å². The predicted molar refractivity (Wildman–Crippen MR) is 149 cm³/mol. The molecule has 1 unspecified atom stereocenters. The van der Waals surface area contributed by atoms with Gasteiger partial charge >= 0.3 is 7.60 Å². The average Bonchev–Trinajstić information content (AvgIpc) is 3.57. The first-order chi connectivity index (χ1) is 20.6. The van der Waals surface area contributed by atoms with Crippen molar-refractivity contribution in [2.75, 3.05) is 32.4 Å². The summed E-state index contributed by atoms with van der Waals surface area (Å²) in [5, 5.41) is 0. The number of fused-ring (bicyclic) bond motifs is 1. The summed E-state index contributed by atoms with van der Waals surface area (Å²) in [6.07, 6.45) is 0.893. The molecule has 43 heavy (non-hydrogen) atoms. The highest BCUT2D eigenvalue weighted by Gasteiger charge is 2.30. The van der Waals surface area contributed by atoms with E-state index in [9.17, 15) is 18.1 Å². The van der Waals surface area contributed by atoms with E-state index in [1.165, 1.54) is 49.8 Å². The number of hydrogen-bond acceptors (Lipinski definition) is 11. The van der Waals surface area contributed by atoms with Crippen LogP contribution in [0.4, 0.5) is 14.7 Å². The maximum Gasteiger partial charge on any atom is 0.356 e. The summed E-state index contributed by atoms with van der Waals surface area (Å²) in [7, 11) is -2.70. The fourth-order valence-electron chi connectivity index (χ4n) is 4.01. The Morgan fingerprint density at radius 2 is 1.88 bits per heavy atom. The second-order valence-electron chi connectivity index (χ2n) is 9.06. The largest absolute Gasteiger partial charge is 0.494 e. The van der Waals surface area contributed by atoms with Gasteiger partial charge in [-0.1, -0.05) is 6.07 Å². The molecule has 16 heteroatoms. The van der Waals surface area contributed by atoms with Crippen molar-refractivity contribution < 1.29 is 41.3 Å². The van der Waals surface area contributed by atoms with Crippen molar-refractivity contribution in [3.8, 4) is 5.75 Å². The van der Waals surface area contributed by atoms with E-state index in [1.807, 2.05) is 0 Å². The van der Waals surface area contributed by atoms with Crippen LogP contribution in [0.1, 0.15) is 11.1 Å². The molecule has 0 spiro atoms. The van der Waals surface area contributed by atoms with Gasteiger partial charge < -0.3 is 33.8 Å². The standard InChI is InChI=1S/C27H26F2N5O8P/c1-16-41-22(24(42-16)18-4-6-19(28)7-5-18)13-40-43(36,39-12-17-3-8-21(37-2)20(29)11-17)15-38-10-9-34-14-31-23-25(34)32-27(30)33-26(23)35/h3-8,11,14H,1,9-10,12-13,15H2,2H3,(H3,30,32,33,35). The Kier molecular flexibility index (Phi) is 8.87. The number of hydrogen-bond donors (Lipinski definition) is 2. The zero-order valence-corrected chi connectivity index (χ0v) is 23.6. The molecule has 1 aliphatic heterocycles.